The summed E-state index contributed by atoms with van der Waals surface area (Å²) in [4.78, 5) is 12.5. The van der Waals surface area contributed by atoms with Gasteiger partial charge in [-0.2, -0.15) is 0 Å². The summed E-state index contributed by atoms with van der Waals surface area (Å²) in [7, 11) is 1.57. The van der Waals surface area contributed by atoms with Crippen LogP contribution in [-0.2, 0) is 11.3 Å². The van der Waals surface area contributed by atoms with Crippen LogP contribution in [0.1, 0.15) is 18.9 Å². The number of para-hydroxylation sites is 2. The van der Waals surface area contributed by atoms with Gasteiger partial charge in [-0.1, -0.05) is 25.1 Å². The van der Waals surface area contributed by atoms with E-state index >= 15 is 0 Å². The lowest BCUT2D eigenvalue weighted by atomic mass is 10.2. The third-order valence-electron chi connectivity index (χ3n) is 3.91. The highest BCUT2D eigenvalue weighted by molar-refractivity contribution is 5.81. The van der Waals surface area contributed by atoms with Crippen molar-refractivity contribution in [2.24, 2.45) is 0 Å². The van der Waals surface area contributed by atoms with Crippen molar-refractivity contribution in [1.29, 1.82) is 0 Å². The Bertz CT molecular complexity index is 746. The predicted molar refractivity (Wildman–Crippen MR) is 92.1 cm³/mol. The van der Waals surface area contributed by atoms with E-state index in [0.29, 0.717) is 30.2 Å². The molecule has 0 saturated heterocycles. The van der Waals surface area contributed by atoms with Gasteiger partial charge >= 0.3 is 0 Å². The minimum atomic E-state index is -0.592. The van der Waals surface area contributed by atoms with Gasteiger partial charge in [0.1, 0.15) is 0 Å². The summed E-state index contributed by atoms with van der Waals surface area (Å²) in [5, 5.41) is 2.90. The number of carbonyl (C=O) groups excluding carboxylic acids is 1. The Morgan fingerprint density at radius 1 is 1.16 bits per heavy atom. The first kappa shape index (κ1) is 17.0. The summed E-state index contributed by atoms with van der Waals surface area (Å²) in [5.74, 6) is 2.40. The minimum Gasteiger partial charge on any atom is -0.493 e. The average Bonchev–Trinajstić information content (AvgIpc) is 3.12. The molecule has 0 bridgehead atoms. The number of rotatable bonds is 7. The van der Waals surface area contributed by atoms with Gasteiger partial charge in [0.2, 0.25) is 6.79 Å². The first-order valence-corrected chi connectivity index (χ1v) is 8.17. The Balaban J connectivity index is 1.60. The van der Waals surface area contributed by atoms with Crippen LogP contribution in [-0.4, -0.2) is 25.9 Å². The summed E-state index contributed by atoms with van der Waals surface area (Å²) in [6.45, 7) is 2.53. The van der Waals surface area contributed by atoms with Crippen LogP contribution in [0.4, 0.5) is 0 Å². The number of benzene rings is 2. The van der Waals surface area contributed by atoms with Gasteiger partial charge in [-0.05, 0) is 36.2 Å². The lowest BCUT2D eigenvalue weighted by molar-refractivity contribution is -0.128. The van der Waals surface area contributed by atoms with E-state index in [1.807, 2.05) is 37.3 Å². The Labute approximate surface area is 146 Å². The van der Waals surface area contributed by atoms with E-state index in [0.717, 1.165) is 11.3 Å². The highest BCUT2D eigenvalue weighted by Gasteiger charge is 2.20. The van der Waals surface area contributed by atoms with E-state index in [2.05, 4.69) is 5.32 Å². The third kappa shape index (κ3) is 3.96. The number of amides is 1. The molecular weight excluding hydrogens is 322 g/mol. The SMILES string of the molecule is CC[C@@H](Oc1ccccc1OC)C(=O)NCc1ccc2c(c1)OCO2. The van der Waals surface area contributed by atoms with Crippen molar-refractivity contribution in [3.05, 3.63) is 48.0 Å². The number of nitrogens with one attached hydrogen (secondary N) is 1. The van der Waals surface area contributed by atoms with Crippen molar-refractivity contribution in [3.63, 3.8) is 0 Å². The van der Waals surface area contributed by atoms with Crippen molar-refractivity contribution in [2.45, 2.75) is 26.0 Å². The number of carbonyl (C=O) groups is 1. The largest absolute Gasteiger partial charge is 0.493 e. The molecule has 2 aromatic carbocycles. The van der Waals surface area contributed by atoms with Crippen LogP contribution in [0.15, 0.2) is 42.5 Å². The molecule has 2 aromatic rings. The van der Waals surface area contributed by atoms with Crippen LogP contribution in [0.3, 0.4) is 0 Å². The molecule has 3 rings (SSSR count). The van der Waals surface area contributed by atoms with Crippen LogP contribution < -0.4 is 24.3 Å². The zero-order valence-corrected chi connectivity index (χ0v) is 14.3. The molecule has 0 saturated carbocycles. The fourth-order valence-corrected chi connectivity index (χ4v) is 2.55. The molecular formula is C19H21NO5. The van der Waals surface area contributed by atoms with Crippen molar-refractivity contribution < 1.29 is 23.7 Å². The van der Waals surface area contributed by atoms with Gasteiger partial charge in [0.25, 0.3) is 5.91 Å². The maximum atomic E-state index is 12.5. The fourth-order valence-electron chi connectivity index (χ4n) is 2.55. The van der Waals surface area contributed by atoms with Gasteiger partial charge in [-0.25, -0.2) is 0 Å². The average molecular weight is 343 g/mol. The molecule has 1 heterocycles. The smallest absolute Gasteiger partial charge is 0.261 e. The molecule has 25 heavy (non-hydrogen) atoms. The highest BCUT2D eigenvalue weighted by Crippen LogP contribution is 2.32. The van der Waals surface area contributed by atoms with Gasteiger partial charge in [0, 0.05) is 6.54 Å². The molecule has 1 aliphatic rings. The number of hydrogen-bond acceptors (Lipinski definition) is 5. The zero-order valence-electron chi connectivity index (χ0n) is 14.3. The van der Waals surface area contributed by atoms with E-state index in [-0.39, 0.29) is 12.7 Å². The first-order valence-electron chi connectivity index (χ1n) is 8.17. The lowest BCUT2D eigenvalue weighted by Gasteiger charge is -2.19. The Hall–Kier alpha value is -2.89. The third-order valence-corrected chi connectivity index (χ3v) is 3.91. The fraction of sp³-hybridized carbons (Fsp3) is 0.316. The van der Waals surface area contributed by atoms with Gasteiger partial charge in [-0.3, -0.25) is 4.79 Å². The molecule has 1 amide bonds. The molecule has 6 nitrogen and oxygen atoms in total. The van der Waals surface area contributed by atoms with E-state index < -0.39 is 6.10 Å². The van der Waals surface area contributed by atoms with E-state index in [1.165, 1.54) is 0 Å². The maximum Gasteiger partial charge on any atom is 0.261 e. The normalized spacial score (nSPS) is 13.2. The molecule has 0 radical (unpaired) electrons. The Kier molecular flexibility index (Phi) is 5.28. The first-order chi connectivity index (χ1) is 12.2. The van der Waals surface area contributed by atoms with Crippen LogP contribution >= 0.6 is 0 Å². The second-order valence-electron chi connectivity index (χ2n) is 5.57. The minimum absolute atomic E-state index is 0.175. The lowest BCUT2D eigenvalue weighted by Crippen LogP contribution is -2.37. The Morgan fingerprint density at radius 2 is 1.92 bits per heavy atom. The zero-order chi connectivity index (χ0) is 17.6. The predicted octanol–water partition coefficient (Wildman–Crippen LogP) is 2.90. The van der Waals surface area contributed by atoms with Crippen LogP contribution in [0.25, 0.3) is 0 Å². The summed E-state index contributed by atoms with van der Waals surface area (Å²) in [6.07, 6.45) is -0.0457. The van der Waals surface area contributed by atoms with E-state index in [1.54, 1.807) is 19.2 Å². The van der Waals surface area contributed by atoms with Crippen molar-refractivity contribution in [2.75, 3.05) is 13.9 Å². The molecule has 1 N–H and O–H groups in total. The molecule has 0 spiro atoms. The Morgan fingerprint density at radius 3 is 2.68 bits per heavy atom. The van der Waals surface area contributed by atoms with E-state index in [9.17, 15) is 4.79 Å². The molecule has 1 aliphatic heterocycles. The van der Waals surface area contributed by atoms with E-state index in [4.69, 9.17) is 18.9 Å². The summed E-state index contributed by atoms with van der Waals surface area (Å²) < 4.78 is 21.7. The standard InChI is InChI=1S/C19H21NO5/c1-3-14(25-17-7-5-4-6-15(17)22-2)19(21)20-11-13-8-9-16-18(10-13)24-12-23-16/h4-10,14H,3,11-12H2,1-2H3,(H,20,21)/t14-/m1/s1. The number of fused-ring (bicyclic) bond motifs is 1. The molecule has 6 heteroatoms. The molecule has 0 aromatic heterocycles. The molecule has 0 aliphatic carbocycles. The van der Waals surface area contributed by atoms with Crippen molar-refractivity contribution in [1.82, 2.24) is 5.32 Å². The second kappa shape index (κ2) is 7.79. The van der Waals surface area contributed by atoms with Gasteiger partial charge in [-0.15, -0.1) is 0 Å². The van der Waals surface area contributed by atoms with Gasteiger partial charge in [0.15, 0.2) is 29.1 Å². The quantitative estimate of drug-likeness (QED) is 0.837. The van der Waals surface area contributed by atoms with Gasteiger partial charge in [0.05, 0.1) is 7.11 Å². The summed E-state index contributed by atoms with van der Waals surface area (Å²) in [6, 6.07) is 12.9. The van der Waals surface area contributed by atoms with Crippen LogP contribution in [0.2, 0.25) is 0 Å². The van der Waals surface area contributed by atoms with Crippen LogP contribution in [0.5, 0.6) is 23.0 Å². The number of methoxy groups -OCH3 is 1. The monoisotopic (exact) mass is 343 g/mol. The molecule has 0 fully saturated rings. The number of ether oxygens (including phenoxy) is 4. The second-order valence-corrected chi connectivity index (χ2v) is 5.57. The van der Waals surface area contributed by atoms with Crippen LogP contribution in [0, 0.1) is 0 Å². The topological polar surface area (TPSA) is 66.0 Å². The van der Waals surface area contributed by atoms with Gasteiger partial charge < -0.3 is 24.3 Å². The summed E-state index contributed by atoms with van der Waals surface area (Å²) >= 11 is 0. The number of hydrogen-bond donors (Lipinski definition) is 1. The summed E-state index contributed by atoms with van der Waals surface area (Å²) in [5.41, 5.74) is 0.935. The van der Waals surface area contributed by atoms with Crippen molar-refractivity contribution >= 4 is 5.91 Å². The molecule has 132 valence electrons. The maximum absolute atomic E-state index is 12.5. The highest BCUT2D eigenvalue weighted by atomic mass is 16.7. The molecule has 1 atom stereocenters. The van der Waals surface area contributed by atoms with Crippen molar-refractivity contribution in [3.8, 4) is 23.0 Å². The molecule has 0 unspecified atom stereocenters.